The van der Waals surface area contributed by atoms with Crippen molar-refractivity contribution in [3.05, 3.63) is 23.2 Å². The van der Waals surface area contributed by atoms with Gasteiger partial charge < -0.3 is 0 Å². The molecule has 0 radical (unpaired) electrons. The van der Waals surface area contributed by atoms with Crippen LogP contribution >= 0.6 is 0 Å². The highest BCUT2D eigenvalue weighted by atomic mass is 19.4. The van der Waals surface area contributed by atoms with Gasteiger partial charge in [0.2, 0.25) is 0 Å². The molecule has 0 aliphatic carbocycles. The molecule has 0 aliphatic rings. The van der Waals surface area contributed by atoms with Crippen LogP contribution in [0.4, 0.5) is 13.2 Å². The maximum Gasteiger partial charge on any atom is 0.412 e. The average Bonchev–Trinajstić information content (AvgIpc) is 2.02. The molecule has 78 valence electrons. The van der Waals surface area contributed by atoms with E-state index < -0.39 is 11.7 Å². The minimum absolute atomic E-state index is 0.196. The molecule has 0 fully saturated rings. The molecular formula is C9H12BF3O. The van der Waals surface area contributed by atoms with E-state index in [1.807, 2.05) is 0 Å². The van der Waals surface area contributed by atoms with Crippen LogP contribution in [-0.4, -0.2) is 19.2 Å². The number of rotatable bonds is 3. The first kappa shape index (κ1) is 13.0. The number of hydrogen-bond acceptors (Lipinski definition) is 1. The number of carbonyl (C=O) groups excluding carboxylic acids is 1. The summed E-state index contributed by atoms with van der Waals surface area (Å²) < 4.78 is 36.1. The molecule has 0 saturated carbocycles. The third-order valence-corrected chi connectivity index (χ3v) is 1.81. The third-order valence-electron chi connectivity index (χ3n) is 1.81. The highest BCUT2D eigenvalue weighted by molar-refractivity contribution is 6.52. The van der Waals surface area contributed by atoms with Crippen molar-refractivity contribution in [2.75, 3.05) is 0 Å². The van der Waals surface area contributed by atoms with E-state index in [4.69, 9.17) is 0 Å². The Labute approximate surface area is 81.9 Å². The summed E-state index contributed by atoms with van der Waals surface area (Å²) in [6, 6.07) is 0. The molecule has 0 amide bonds. The number of halogens is 3. The van der Waals surface area contributed by atoms with Crippen molar-refractivity contribution in [1.82, 2.24) is 0 Å². The molecule has 0 spiro atoms. The van der Waals surface area contributed by atoms with Gasteiger partial charge in [0, 0.05) is 5.57 Å². The molecule has 0 N–H and O–H groups in total. The lowest BCUT2D eigenvalue weighted by molar-refractivity contribution is -0.113. The van der Waals surface area contributed by atoms with E-state index in [1.165, 1.54) is 13.0 Å². The lowest BCUT2D eigenvalue weighted by atomic mass is 9.70. The molecule has 0 atom stereocenters. The minimum atomic E-state index is -4.31. The van der Waals surface area contributed by atoms with Crippen LogP contribution in [0.2, 0.25) is 6.82 Å². The molecule has 0 aromatic heterocycles. The molecule has 0 saturated heterocycles. The van der Waals surface area contributed by atoms with Crippen LogP contribution < -0.4 is 0 Å². The van der Waals surface area contributed by atoms with E-state index in [1.54, 1.807) is 6.82 Å². The summed E-state index contributed by atoms with van der Waals surface area (Å²) in [7, 11) is 0.441. The number of Topliss-reactive ketones (excluding diaryl/α,β-unsaturated/α-hetero) is 1. The maximum absolute atomic E-state index is 12.0. The molecule has 5 heteroatoms. The van der Waals surface area contributed by atoms with Gasteiger partial charge in [0.1, 0.15) is 5.78 Å². The molecule has 0 bridgehead atoms. The normalized spacial score (nSPS) is 14.1. The molecule has 0 unspecified atom stereocenters. The molecule has 0 aliphatic heterocycles. The van der Waals surface area contributed by atoms with E-state index >= 15 is 0 Å². The predicted octanol–water partition coefficient (Wildman–Crippen LogP) is 2.45. The van der Waals surface area contributed by atoms with Gasteiger partial charge >= 0.3 is 6.18 Å². The SMILES string of the molecule is CB/C(=C/C=C(\C)C(F)(F)F)C(C)=O. The molecule has 14 heavy (non-hydrogen) atoms. The Morgan fingerprint density at radius 1 is 1.21 bits per heavy atom. The smallest absolute Gasteiger partial charge is 0.296 e. The first-order chi connectivity index (χ1) is 6.29. The number of ketones is 1. The Hall–Kier alpha value is -0.995. The van der Waals surface area contributed by atoms with Gasteiger partial charge in [-0.05, 0) is 19.3 Å². The first-order valence-corrected chi connectivity index (χ1v) is 4.24. The van der Waals surface area contributed by atoms with Gasteiger partial charge in [-0.1, -0.05) is 19.0 Å². The van der Waals surface area contributed by atoms with E-state index in [0.717, 1.165) is 13.0 Å². The van der Waals surface area contributed by atoms with Gasteiger partial charge in [-0.15, -0.1) is 0 Å². The van der Waals surface area contributed by atoms with Crippen molar-refractivity contribution in [3.63, 3.8) is 0 Å². The number of allylic oxidation sites excluding steroid dienone is 4. The topological polar surface area (TPSA) is 17.1 Å². The molecule has 0 aromatic rings. The van der Waals surface area contributed by atoms with Crippen LogP contribution in [-0.2, 0) is 4.79 Å². The zero-order chi connectivity index (χ0) is 11.4. The first-order valence-electron chi connectivity index (χ1n) is 4.24. The fourth-order valence-electron chi connectivity index (χ4n) is 0.804. The van der Waals surface area contributed by atoms with Crippen LogP contribution in [0.15, 0.2) is 23.2 Å². The standard InChI is InChI=1S/C9H12BF3O/c1-6(9(11,12)13)4-5-8(10-3)7(2)14/h4-5,10H,1-3H3/b6-4+,8-5+. The summed E-state index contributed by atoms with van der Waals surface area (Å²) in [4.78, 5) is 10.9. The van der Waals surface area contributed by atoms with Crippen LogP contribution in [0.5, 0.6) is 0 Å². The average molecular weight is 204 g/mol. The maximum atomic E-state index is 12.0. The molecule has 0 aromatic carbocycles. The second-order valence-electron chi connectivity index (χ2n) is 2.95. The second-order valence-corrected chi connectivity index (χ2v) is 2.95. The van der Waals surface area contributed by atoms with E-state index in [-0.39, 0.29) is 5.78 Å². The number of alkyl halides is 3. The fourth-order valence-corrected chi connectivity index (χ4v) is 0.804. The fraction of sp³-hybridized carbons (Fsp3) is 0.444. The van der Waals surface area contributed by atoms with Crippen molar-refractivity contribution in [2.24, 2.45) is 0 Å². The van der Waals surface area contributed by atoms with E-state index in [2.05, 4.69) is 0 Å². The second kappa shape index (κ2) is 5.03. The van der Waals surface area contributed by atoms with Crippen molar-refractivity contribution in [2.45, 2.75) is 26.8 Å². The third kappa shape index (κ3) is 4.30. The van der Waals surface area contributed by atoms with E-state index in [9.17, 15) is 18.0 Å². The molecule has 1 nitrogen and oxygen atoms in total. The van der Waals surface area contributed by atoms with Crippen molar-refractivity contribution in [3.8, 4) is 0 Å². The Balaban J connectivity index is 4.76. The van der Waals surface area contributed by atoms with Crippen molar-refractivity contribution in [1.29, 1.82) is 0 Å². The van der Waals surface area contributed by atoms with Crippen LogP contribution in [0.25, 0.3) is 0 Å². The van der Waals surface area contributed by atoms with Gasteiger partial charge in [-0.2, -0.15) is 13.2 Å². The molecular weight excluding hydrogens is 192 g/mol. The summed E-state index contributed by atoms with van der Waals surface area (Å²) in [6.07, 6.45) is -2.16. The van der Waals surface area contributed by atoms with Crippen LogP contribution in [0.1, 0.15) is 13.8 Å². The predicted molar refractivity (Wildman–Crippen MR) is 51.6 cm³/mol. The van der Waals surface area contributed by atoms with Crippen LogP contribution in [0, 0.1) is 0 Å². The molecule has 0 heterocycles. The lowest BCUT2D eigenvalue weighted by Crippen LogP contribution is -2.09. The highest BCUT2D eigenvalue weighted by Gasteiger charge is 2.29. The number of carbonyl (C=O) groups is 1. The summed E-state index contributed by atoms with van der Waals surface area (Å²) >= 11 is 0. The highest BCUT2D eigenvalue weighted by Crippen LogP contribution is 2.24. The Morgan fingerprint density at radius 3 is 2.00 bits per heavy atom. The van der Waals surface area contributed by atoms with Gasteiger partial charge in [0.05, 0.1) is 0 Å². The lowest BCUT2D eigenvalue weighted by Gasteiger charge is -2.04. The minimum Gasteiger partial charge on any atom is -0.296 e. The van der Waals surface area contributed by atoms with Crippen LogP contribution in [0.3, 0.4) is 0 Å². The zero-order valence-electron chi connectivity index (χ0n) is 8.40. The molecule has 0 rings (SSSR count). The summed E-state index contributed by atoms with van der Waals surface area (Å²) in [5.41, 5.74) is -0.307. The Morgan fingerprint density at radius 2 is 1.71 bits per heavy atom. The van der Waals surface area contributed by atoms with Crippen molar-refractivity contribution < 1.29 is 18.0 Å². The summed E-state index contributed by atoms with van der Waals surface area (Å²) in [5, 5.41) is 0. The largest absolute Gasteiger partial charge is 0.412 e. The van der Waals surface area contributed by atoms with Crippen molar-refractivity contribution >= 4 is 13.1 Å². The van der Waals surface area contributed by atoms with Gasteiger partial charge in [0.25, 0.3) is 0 Å². The van der Waals surface area contributed by atoms with Gasteiger partial charge in [0.15, 0.2) is 7.28 Å². The Kier molecular flexibility index (Phi) is 4.67. The van der Waals surface area contributed by atoms with Gasteiger partial charge in [-0.3, -0.25) is 4.79 Å². The zero-order valence-corrected chi connectivity index (χ0v) is 8.40. The summed E-state index contributed by atoms with van der Waals surface area (Å²) in [5.74, 6) is -0.196. The van der Waals surface area contributed by atoms with Gasteiger partial charge in [-0.25, -0.2) is 0 Å². The quantitative estimate of drug-likeness (QED) is 0.392. The Bertz CT molecular complexity index is 276. The van der Waals surface area contributed by atoms with E-state index in [0.29, 0.717) is 12.8 Å². The number of hydrogen-bond donors (Lipinski definition) is 0. The monoisotopic (exact) mass is 204 g/mol. The summed E-state index contributed by atoms with van der Waals surface area (Å²) in [6.45, 7) is 4.04.